The molecule has 2 heterocycles. The monoisotopic (exact) mass is 561 g/mol. The number of ether oxygens (including phenoxy) is 1. The summed E-state index contributed by atoms with van der Waals surface area (Å²) in [6.07, 6.45) is 6.81. The Morgan fingerprint density at radius 2 is 2.00 bits per heavy atom. The second kappa shape index (κ2) is 11.8. The molecule has 1 fully saturated rings. The SMILES string of the molecule is CN=C(NCCCn1cccn1)NCC1(c2ccc(Br)cc2)CCOCC1.I. The molecule has 3 rings (SSSR count). The van der Waals surface area contributed by atoms with Gasteiger partial charge in [-0.3, -0.25) is 9.67 Å². The molecule has 0 atom stereocenters. The van der Waals surface area contributed by atoms with Gasteiger partial charge in [-0.25, -0.2) is 0 Å². The summed E-state index contributed by atoms with van der Waals surface area (Å²) in [7, 11) is 1.82. The number of benzene rings is 1. The van der Waals surface area contributed by atoms with E-state index in [1.807, 2.05) is 30.2 Å². The fraction of sp³-hybridized carbons (Fsp3) is 0.500. The maximum atomic E-state index is 5.63. The summed E-state index contributed by atoms with van der Waals surface area (Å²) in [4.78, 5) is 4.38. The largest absolute Gasteiger partial charge is 0.381 e. The molecule has 154 valence electrons. The van der Waals surface area contributed by atoms with Crippen LogP contribution in [0.5, 0.6) is 0 Å². The molecule has 6 nitrogen and oxygen atoms in total. The van der Waals surface area contributed by atoms with Crippen LogP contribution in [0.2, 0.25) is 0 Å². The van der Waals surface area contributed by atoms with Crippen molar-refractivity contribution < 1.29 is 4.74 Å². The first-order valence-corrected chi connectivity index (χ1v) is 10.3. The van der Waals surface area contributed by atoms with Gasteiger partial charge in [-0.2, -0.15) is 5.10 Å². The number of halogens is 2. The molecule has 1 aromatic heterocycles. The Kier molecular flexibility index (Phi) is 9.73. The molecule has 28 heavy (non-hydrogen) atoms. The summed E-state index contributed by atoms with van der Waals surface area (Å²) in [6, 6.07) is 10.6. The van der Waals surface area contributed by atoms with Crippen LogP contribution in [-0.4, -0.2) is 49.1 Å². The van der Waals surface area contributed by atoms with Crippen molar-refractivity contribution in [2.75, 3.05) is 33.4 Å². The van der Waals surface area contributed by atoms with Crippen LogP contribution in [0.15, 0.2) is 52.2 Å². The summed E-state index contributed by atoms with van der Waals surface area (Å²) in [5, 5.41) is 11.2. The summed E-state index contributed by atoms with van der Waals surface area (Å²) < 4.78 is 8.68. The third-order valence-electron chi connectivity index (χ3n) is 5.14. The lowest BCUT2D eigenvalue weighted by Gasteiger charge is -2.38. The van der Waals surface area contributed by atoms with E-state index in [0.717, 1.165) is 62.5 Å². The van der Waals surface area contributed by atoms with Gasteiger partial charge in [0.2, 0.25) is 0 Å². The van der Waals surface area contributed by atoms with Crippen molar-refractivity contribution in [3.8, 4) is 0 Å². The van der Waals surface area contributed by atoms with Gasteiger partial charge in [0, 0.05) is 62.2 Å². The predicted molar refractivity (Wildman–Crippen MR) is 127 cm³/mol. The number of hydrogen-bond donors (Lipinski definition) is 2. The van der Waals surface area contributed by atoms with E-state index in [1.54, 1.807) is 0 Å². The molecule has 0 saturated carbocycles. The number of aromatic nitrogens is 2. The van der Waals surface area contributed by atoms with Crippen LogP contribution in [-0.2, 0) is 16.7 Å². The van der Waals surface area contributed by atoms with Gasteiger partial charge in [0.25, 0.3) is 0 Å². The highest BCUT2D eigenvalue weighted by Crippen LogP contribution is 2.34. The Bertz CT molecular complexity index is 715. The van der Waals surface area contributed by atoms with Gasteiger partial charge in [-0.05, 0) is 43.0 Å². The minimum atomic E-state index is 0. The predicted octanol–water partition coefficient (Wildman–Crippen LogP) is 3.57. The zero-order valence-corrected chi connectivity index (χ0v) is 20.2. The Balaban J connectivity index is 0.00000280. The lowest BCUT2D eigenvalue weighted by Crippen LogP contribution is -2.48. The van der Waals surface area contributed by atoms with Crippen LogP contribution in [0.3, 0.4) is 0 Å². The highest BCUT2D eigenvalue weighted by atomic mass is 127. The van der Waals surface area contributed by atoms with E-state index >= 15 is 0 Å². The van der Waals surface area contributed by atoms with Crippen LogP contribution >= 0.6 is 39.9 Å². The number of hydrogen-bond acceptors (Lipinski definition) is 3. The normalized spacial score (nSPS) is 16.3. The second-order valence-electron chi connectivity index (χ2n) is 6.87. The van der Waals surface area contributed by atoms with Crippen molar-refractivity contribution in [1.29, 1.82) is 0 Å². The maximum absolute atomic E-state index is 5.63. The van der Waals surface area contributed by atoms with E-state index in [2.05, 4.69) is 60.9 Å². The van der Waals surface area contributed by atoms with E-state index in [0.29, 0.717) is 0 Å². The van der Waals surface area contributed by atoms with Gasteiger partial charge in [0.1, 0.15) is 0 Å². The molecular weight excluding hydrogens is 533 g/mol. The quantitative estimate of drug-likeness (QED) is 0.235. The minimum Gasteiger partial charge on any atom is -0.381 e. The van der Waals surface area contributed by atoms with Crippen LogP contribution in [0.1, 0.15) is 24.8 Å². The number of aliphatic imine (C=N–C) groups is 1. The number of nitrogens with one attached hydrogen (secondary N) is 2. The molecule has 1 aliphatic rings. The van der Waals surface area contributed by atoms with E-state index in [9.17, 15) is 0 Å². The van der Waals surface area contributed by atoms with Crippen molar-refractivity contribution in [3.05, 3.63) is 52.8 Å². The molecular formula is C20H29BrIN5O. The van der Waals surface area contributed by atoms with E-state index in [1.165, 1.54) is 5.56 Å². The molecule has 0 amide bonds. The minimum absolute atomic E-state index is 0. The number of guanidine groups is 1. The zero-order valence-electron chi connectivity index (χ0n) is 16.2. The first-order chi connectivity index (χ1) is 13.2. The average Bonchev–Trinajstić information content (AvgIpc) is 3.22. The lowest BCUT2D eigenvalue weighted by molar-refractivity contribution is 0.0514. The fourth-order valence-electron chi connectivity index (χ4n) is 3.49. The summed E-state index contributed by atoms with van der Waals surface area (Å²) >= 11 is 3.53. The molecule has 0 bridgehead atoms. The molecule has 8 heteroatoms. The summed E-state index contributed by atoms with van der Waals surface area (Å²) in [6.45, 7) is 4.20. The summed E-state index contributed by atoms with van der Waals surface area (Å²) in [5.74, 6) is 0.846. The van der Waals surface area contributed by atoms with Gasteiger partial charge in [0.05, 0.1) is 0 Å². The lowest BCUT2D eigenvalue weighted by atomic mass is 9.74. The van der Waals surface area contributed by atoms with Gasteiger partial charge in [-0.1, -0.05) is 28.1 Å². The third kappa shape index (κ3) is 6.45. The number of aryl methyl sites for hydroxylation is 1. The highest BCUT2D eigenvalue weighted by Gasteiger charge is 2.34. The first kappa shape index (κ1) is 23.2. The van der Waals surface area contributed by atoms with E-state index in [-0.39, 0.29) is 29.4 Å². The second-order valence-corrected chi connectivity index (χ2v) is 7.79. The Labute approximate surface area is 192 Å². The summed E-state index contributed by atoms with van der Waals surface area (Å²) in [5.41, 5.74) is 1.43. The average molecular weight is 562 g/mol. The van der Waals surface area contributed by atoms with Crippen molar-refractivity contribution in [1.82, 2.24) is 20.4 Å². The topological polar surface area (TPSA) is 63.5 Å². The van der Waals surface area contributed by atoms with Crippen LogP contribution in [0, 0.1) is 0 Å². The Morgan fingerprint density at radius 1 is 1.25 bits per heavy atom. The molecule has 2 N–H and O–H groups in total. The highest BCUT2D eigenvalue weighted by molar-refractivity contribution is 14.0. The van der Waals surface area contributed by atoms with E-state index in [4.69, 9.17) is 4.74 Å². The molecule has 0 spiro atoms. The molecule has 1 saturated heterocycles. The van der Waals surface area contributed by atoms with Crippen molar-refractivity contribution in [2.24, 2.45) is 4.99 Å². The smallest absolute Gasteiger partial charge is 0.191 e. The molecule has 0 unspecified atom stereocenters. The third-order valence-corrected chi connectivity index (χ3v) is 5.67. The molecule has 0 radical (unpaired) electrons. The van der Waals surface area contributed by atoms with Crippen molar-refractivity contribution in [3.63, 3.8) is 0 Å². The number of rotatable bonds is 7. The van der Waals surface area contributed by atoms with Gasteiger partial charge < -0.3 is 15.4 Å². The molecule has 1 aromatic carbocycles. The van der Waals surface area contributed by atoms with Crippen molar-refractivity contribution >= 4 is 45.9 Å². The zero-order chi connectivity index (χ0) is 19.0. The maximum Gasteiger partial charge on any atom is 0.191 e. The molecule has 2 aromatic rings. The van der Waals surface area contributed by atoms with Gasteiger partial charge >= 0.3 is 0 Å². The molecule has 1 aliphatic heterocycles. The molecule has 0 aliphatic carbocycles. The van der Waals surface area contributed by atoms with Gasteiger partial charge in [0.15, 0.2) is 5.96 Å². The Hall–Kier alpha value is -1.13. The van der Waals surface area contributed by atoms with Crippen LogP contribution in [0.25, 0.3) is 0 Å². The van der Waals surface area contributed by atoms with Crippen LogP contribution < -0.4 is 10.6 Å². The number of nitrogens with zero attached hydrogens (tertiary/aromatic N) is 3. The van der Waals surface area contributed by atoms with E-state index < -0.39 is 0 Å². The first-order valence-electron chi connectivity index (χ1n) is 9.48. The van der Waals surface area contributed by atoms with Crippen molar-refractivity contribution in [2.45, 2.75) is 31.2 Å². The van der Waals surface area contributed by atoms with Gasteiger partial charge in [-0.15, -0.1) is 24.0 Å². The fourth-order valence-corrected chi connectivity index (χ4v) is 3.75. The van der Waals surface area contributed by atoms with Crippen LogP contribution in [0.4, 0.5) is 0 Å². The Morgan fingerprint density at radius 3 is 2.64 bits per heavy atom. The standard InChI is InChI=1S/C20H28BrN5O.HI/c1-22-19(23-10-2-12-26-13-3-11-25-26)24-16-20(8-14-27-15-9-20)17-4-6-18(21)7-5-17;/h3-7,11,13H,2,8-10,12,14-16H2,1H3,(H2,22,23,24);1H.